The summed E-state index contributed by atoms with van der Waals surface area (Å²) in [6, 6.07) is 11.1. The Labute approximate surface area is 258 Å². The summed E-state index contributed by atoms with van der Waals surface area (Å²) >= 11 is 0. The topological polar surface area (TPSA) is 149 Å². The Morgan fingerprint density at radius 3 is 2.56 bits per heavy atom. The van der Waals surface area contributed by atoms with Gasteiger partial charge in [0.2, 0.25) is 0 Å². The van der Waals surface area contributed by atoms with Crippen LogP contribution in [0, 0.1) is 22.7 Å². The van der Waals surface area contributed by atoms with Gasteiger partial charge in [0.05, 0.1) is 12.2 Å². The summed E-state index contributed by atoms with van der Waals surface area (Å²) in [5, 5.41) is 32.6. The van der Waals surface area contributed by atoms with Gasteiger partial charge in [0.1, 0.15) is 18.5 Å². The highest BCUT2D eigenvalue weighted by Crippen LogP contribution is 2.72. The highest BCUT2D eigenvalue weighted by atomic mass is 19.1. The highest BCUT2D eigenvalue weighted by molar-refractivity contribution is 6.01. The number of Topliss-reactive ketones (excluding diaryl/α,β-unsaturated/α-hetero) is 1. The molecule has 0 unspecified atom stereocenters. The van der Waals surface area contributed by atoms with Gasteiger partial charge in [0, 0.05) is 28.0 Å². The summed E-state index contributed by atoms with van der Waals surface area (Å²) in [5.41, 5.74) is -0.295. The predicted octanol–water partition coefficient (Wildman–Crippen LogP) is 4.41. The van der Waals surface area contributed by atoms with Crippen molar-refractivity contribution in [1.29, 1.82) is 0 Å². The van der Waals surface area contributed by atoms with Gasteiger partial charge in [-0.1, -0.05) is 13.0 Å². The molecule has 1 aliphatic heterocycles. The monoisotopic (exact) mass is 623 g/mol. The van der Waals surface area contributed by atoms with Crippen LogP contribution in [0.3, 0.4) is 0 Å². The van der Waals surface area contributed by atoms with Gasteiger partial charge >= 0.3 is 0 Å². The molecule has 0 bridgehead atoms. The van der Waals surface area contributed by atoms with E-state index in [0.29, 0.717) is 17.0 Å². The van der Waals surface area contributed by atoms with Gasteiger partial charge in [-0.05, 0) is 92.3 Å². The Balaban J connectivity index is 1.22. The van der Waals surface area contributed by atoms with Crippen molar-refractivity contribution in [3.63, 3.8) is 0 Å². The number of aliphatic hydroxyl groups is 2. The van der Waals surface area contributed by atoms with Crippen molar-refractivity contribution in [3.05, 3.63) is 71.8 Å². The number of hydrogen-bond acceptors (Lipinski definition) is 9. The van der Waals surface area contributed by atoms with Crippen LogP contribution in [-0.4, -0.2) is 63.1 Å². The van der Waals surface area contributed by atoms with Crippen molar-refractivity contribution >= 4 is 17.3 Å². The summed E-state index contributed by atoms with van der Waals surface area (Å²) < 4.78 is 51.9. The number of ether oxygens (including phenoxy) is 3. The van der Waals surface area contributed by atoms with Crippen LogP contribution in [0.1, 0.15) is 45.0 Å². The molecule has 0 radical (unpaired) electrons. The first-order valence-electron chi connectivity index (χ1n) is 15.1. The van der Waals surface area contributed by atoms with Crippen molar-refractivity contribution in [2.45, 2.75) is 69.0 Å². The lowest BCUT2D eigenvalue weighted by molar-refractivity contribution is -0.235. The summed E-state index contributed by atoms with van der Waals surface area (Å²) in [5.74, 6) is -2.45. The third kappa shape index (κ3) is 3.90. The lowest BCUT2D eigenvalue weighted by atomic mass is 9.44. The first-order chi connectivity index (χ1) is 21.3. The van der Waals surface area contributed by atoms with E-state index in [1.54, 1.807) is 37.3 Å². The average Bonchev–Trinajstić information content (AvgIpc) is 3.51. The number of carbonyl (C=O) groups is 2. The molecule has 1 heterocycles. The second-order valence-electron chi connectivity index (χ2n) is 13.4. The molecule has 7 rings (SSSR count). The average molecular weight is 624 g/mol. The molecule has 1 saturated heterocycles. The number of nitrogens with two attached hydrogens (primary N) is 1. The maximum atomic E-state index is 17.5. The number of nitrogen functional groups attached to an aromatic ring is 1. The van der Waals surface area contributed by atoms with Gasteiger partial charge in [0.25, 0.3) is 0 Å². The zero-order valence-corrected chi connectivity index (χ0v) is 24.8. The van der Waals surface area contributed by atoms with E-state index in [2.05, 4.69) is 0 Å². The minimum absolute atomic E-state index is 0.00642. The molecule has 0 aromatic heterocycles. The highest BCUT2D eigenvalue weighted by Gasteiger charge is 2.80. The maximum absolute atomic E-state index is 17.5. The number of halogens is 2. The van der Waals surface area contributed by atoms with Gasteiger partial charge in [-0.15, -0.1) is 0 Å². The van der Waals surface area contributed by atoms with Gasteiger partial charge < -0.3 is 35.3 Å². The first-order valence-corrected chi connectivity index (χ1v) is 15.1. The molecule has 4 fully saturated rings. The Hall–Kier alpha value is -3.64. The molecular formula is C34H35F2NO8. The van der Waals surface area contributed by atoms with Gasteiger partial charge in [-0.25, -0.2) is 8.78 Å². The Kier molecular flexibility index (Phi) is 6.63. The number of hydrogen-bond donors (Lipinski definition) is 4. The first kappa shape index (κ1) is 30.0. The van der Waals surface area contributed by atoms with Crippen molar-refractivity contribution in [3.8, 4) is 17.2 Å². The lowest BCUT2D eigenvalue weighted by Crippen LogP contribution is -2.70. The molecular weight excluding hydrogens is 588 g/mol. The number of phenolic OH excluding ortho intramolecular Hbond substituents is 1. The molecule has 4 aliphatic carbocycles. The predicted molar refractivity (Wildman–Crippen MR) is 157 cm³/mol. The number of anilines is 1. The SMILES string of the molecule is C[C@]12C=CC(=O)C=C1[C@@H](F)C[C@H]1[C@@H]3C[C@H]4O[C@@H](c5ccc(Oc6ccc(N)cc6)c(O)c5)O[C@@]4(C(=O)CO)[C@@]3(C)C[C@H](O)[C@@]12F. The molecule has 0 amide bonds. The van der Waals surface area contributed by atoms with E-state index in [1.165, 1.54) is 31.2 Å². The number of fused-ring (bicyclic) bond motifs is 7. The number of allylic oxidation sites excluding steroid dienone is 4. The minimum Gasteiger partial charge on any atom is -0.504 e. The van der Waals surface area contributed by atoms with E-state index in [0.717, 1.165) is 6.08 Å². The third-order valence-electron chi connectivity index (χ3n) is 11.3. The van der Waals surface area contributed by atoms with E-state index in [1.807, 2.05) is 0 Å². The van der Waals surface area contributed by atoms with Crippen molar-refractivity contribution in [2.75, 3.05) is 12.3 Å². The van der Waals surface area contributed by atoms with Gasteiger partial charge in [0.15, 0.2) is 40.6 Å². The van der Waals surface area contributed by atoms with Crippen LogP contribution in [0.2, 0.25) is 0 Å². The standard InChI is InChI=1S/C34H35F2NO8/c1-31-10-9-19(39)12-23(31)24(35)13-22-21-14-29-34(28(42)16-38,32(21,2)15-27(41)33(22,31)36)45-30(44-29)17-3-8-26(25(40)11-17)43-20-6-4-18(37)5-7-20/h3-12,21-22,24,27,29-30,38,40-41H,13-16,37H2,1-2H3/t21-,22-,24-,27-,29+,30+,31-,32-,33-,34+/m0/s1. The fourth-order valence-electron chi connectivity index (χ4n) is 9.14. The van der Waals surface area contributed by atoms with Crippen LogP contribution in [0.25, 0.3) is 0 Å². The Morgan fingerprint density at radius 2 is 1.87 bits per heavy atom. The molecule has 238 valence electrons. The molecule has 9 nitrogen and oxygen atoms in total. The second kappa shape index (κ2) is 9.93. The second-order valence-corrected chi connectivity index (χ2v) is 13.4. The van der Waals surface area contributed by atoms with Crippen LogP contribution < -0.4 is 10.5 Å². The summed E-state index contributed by atoms with van der Waals surface area (Å²) in [4.78, 5) is 25.8. The van der Waals surface area contributed by atoms with Gasteiger partial charge in [-0.2, -0.15) is 0 Å². The normalized spacial score (nSPS) is 41.5. The molecule has 11 heteroatoms. The number of aliphatic hydroxyl groups excluding tert-OH is 2. The van der Waals surface area contributed by atoms with Crippen molar-refractivity contribution in [2.24, 2.45) is 22.7 Å². The lowest BCUT2D eigenvalue weighted by Gasteiger charge is -2.63. The fourth-order valence-corrected chi connectivity index (χ4v) is 9.14. The molecule has 10 atom stereocenters. The largest absolute Gasteiger partial charge is 0.504 e. The number of rotatable bonds is 5. The summed E-state index contributed by atoms with van der Waals surface area (Å²) in [6.45, 7) is 2.33. The summed E-state index contributed by atoms with van der Waals surface area (Å²) in [6.07, 6.45) is -2.11. The van der Waals surface area contributed by atoms with Gasteiger partial charge in [-0.3, -0.25) is 9.59 Å². The zero-order valence-electron chi connectivity index (χ0n) is 24.8. The van der Waals surface area contributed by atoms with E-state index < -0.39 is 76.8 Å². The number of ketones is 2. The van der Waals surface area contributed by atoms with Crippen LogP contribution in [-0.2, 0) is 19.1 Å². The van der Waals surface area contributed by atoms with E-state index >= 15 is 8.78 Å². The molecule has 5 aliphatic rings. The molecule has 45 heavy (non-hydrogen) atoms. The molecule has 2 aromatic rings. The molecule has 2 aromatic carbocycles. The molecule has 0 spiro atoms. The number of phenols is 1. The van der Waals surface area contributed by atoms with Crippen LogP contribution in [0.5, 0.6) is 17.2 Å². The number of carbonyl (C=O) groups excluding carboxylic acids is 2. The Morgan fingerprint density at radius 1 is 1.13 bits per heavy atom. The van der Waals surface area contributed by atoms with E-state index in [4.69, 9.17) is 19.9 Å². The van der Waals surface area contributed by atoms with E-state index in [-0.39, 0.29) is 36.3 Å². The zero-order chi connectivity index (χ0) is 32.1. The van der Waals surface area contributed by atoms with Crippen molar-refractivity contribution in [1.82, 2.24) is 0 Å². The van der Waals surface area contributed by atoms with Crippen LogP contribution in [0.15, 0.2) is 66.3 Å². The Bertz CT molecular complexity index is 1640. The van der Waals surface area contributed by atoms with Crippen LogP contribution in [0.4, 0.5) is 14.5 Å². The number of benzene rings is 2. The molecule has 5 N–H and O–H groups in total. The maximum Gasteiger partial charge on any atom is 0.193 e. The summed E-state index contributed by atoms with van der Waals surface area (Å²) in [7, 11) is 0. The quantitative estimate of drug-likeness (QED) is 0.356. The van der Waals surface area contributed by atoms with Crippen LogP contribution >= 0.6 is 0 Å². The number of alkyl halides is 2. The van der Waals surface area contributed by atoms with Crippen molar-refractivity contribution < 1.29 is 47.9 Å². The number of aromatic hydroxyl groups is 1. The smallest absolute Gasteiger partial charge is 0.193 e. The molecule has 3 saturated carbocycles. The minimum atomic E-state index is -2.34. The van der Waals surface area contributed by atoms with E-state index in [9.17, 15) is 24.9 Å². The fraction of sp³-hybridized carbons (Fsp3) is 0.471. The third-order valence-corrected chi connectivity index (χ3v) is 11.3.